The zero-order valence-electron chi connectivity index (χ0n) is 13.0. The van der Waals surface area contributed by atoms with Crippen LogP contribution in [0.25, 0.3) is 0 Å². The molecule has 0 fully saturated rings. The normalized spacial score (nSPS) is 12.5. The summed E-state index contributed by atoms with van der Waals surface area (Å²) in [5, 5.41) is 3.11. The molecule has 1 unspecified atom stereocenters. The summed E-state index contributed by atoms with van der Waals surface area (Å²) < 4.78 is 19.4. The van der Waals surface area contributed by atoms with Gasteiger partial charge in [0.25, 0.3) is 0 Å². The second kappa shape index (κ2) is 6.72. The standard InChI is InChI=1S/C18H22FNO/c1-12(2)14-5-8-16(9-6-14)21-18-10-7-15(19)11-17(18)13(3)20-4/h5-13,20H,1-4H3. The van der Waals surface area contributed by atoms with Gasteiger partial charge in [-0.15, -0.1) is 0 Å². The van der Waals surface area contributed by atoms with Crippen LogP contribution in [0.4, 0.5) is 4.39 Å². The fourth-order valence-corrected chi connectivity index (χ4v) is 2.15. The first-order valence-electron chi connectivity index (χ1n) is 7.25. The van der Waals surface area contributed by atoms with Gasteiger partial charge < -0.3 is 10.1 Å². The van der Waals surface area contributed by atoms with E-state index in [0.29, 0.717) is 11.7 Å². The zero-order chi connectivity index (χ0) is 15.4. The molecule has 0 aromatic heterocycles. The molecule has 2 aromatic carbocycles. The van der Waals surface area contributed by atoms with Gasteiger partial charge in [-0.1, -0.05) is 26.0 Å². The molecule has 21 heavy (non-hydrogen) atoms. The maximum atomic E-state index is 13.4. The maximum Gasteiger partial charge on any atom is 0.132 e. The lowest BCUT2D eigenvalue weighted by Gasteiger charge is -2.17. The van der Waals surface area contributed by atoms with Crippen molar-refractivity contribution < 1.29 is 9.13 Å². The van der Waals surface area contributed by atoms with E-state index in [-0.39, 0.29) is 11.9 Å². The van der Waals surface area contributed by atoms with Crippen molar-refractivity contribution in [2.45, 2.75) is 32.7 Å². The van der Waals surface area contributed by atoms with Crippen LogP contribution < -0.4 is 10.1 Å². The minimum atomic E-state index is -0.255. The first kappa shape index (κ1) is 15.5. The molecule has 0 heterocycles. The van der Waals surface area contributed by atoms with Crippen molar-refractivity contribution in [2.75, 3.05) is 7.05 Å². The third-order valence-electron chi connectivity index (χ3n) is 3.65. The Morgan fingerprint density at radius 1 is 1.00 bits per heavy atom. The quantitative estimate of drug-likeness (QED) is 0.833. The molecule has 2 aromatic rings. The Kier molecular flexibility index (Phi) is 4.97. The van der Waals surface area contributed by atoms with Gasteiger partial charge in [-0.25, -0.2) is 4.39 Å². The van der Waals surface area contributed by atoms with Crippen LogP contribution in [0, 0.1) is 5.82 Å². The highest BCUT2D eigenvalue weighted by Crippen LogP contribution is 2.31. The molecule has 0 amide bonds. The van der Waals surface area contributed by atoms with Gasteiger partial charge in [0.1, 0.15) is 17.3 Å². The van der Waals surface area contributed by atoms with Crippen molar-refractivity contribution in [2.24, 2.45) is 0 Å². The van der Waals surface area contributed by atoms with Crippen molar-refractivity contribution in [1.29, 1.82) is 0 Å². The van der Waals surface area contributed by atoms with Gasteiger partial charge in [-0.3, -0.25) is 0 Å². The Morgan fingerprint density at radius 2 is 1.67 bits per heavy atom. The van der Waals surface area contributed by atoms with E-state index in [0.717, 1.165) is 11.3 Å². The first-order valence-corrected chi connectivity index (χ1v) is 7.25. The summed E-state index contributed by atoms with van der Waals surface area (Å²) in [6.45, 7) is 6.29. The summed E-state index contributed by atoms with van der Waals surface area (Å²) in [7, 11) is 1.84. The van der Waals surface area contributed by atoms with Gasteiger partial charge in [0.15, 0.2) is 0 Å². The van der Waals surface area contributed by atoms with E-state index >= 15 is 0 Å². The van der Waals surface area contributed by atoms with Crippen molar-refractivity contribution in [3.63, 3.8) is 0 Å². The summed E-state index contributed by atoms with van der Waals surface area (Å²) in [6, 6.07) is 12.7. The summed E-state index contributed by atoms with van der Waals surface area (Å²) in [5.41, 5.74) is 2.08. The third kappa shape index (κ3) is 3.82. The zero-order valence-corrected chi connectivity index (χ0v) is 13.0. The van der Waals surface area contributed by atoms with E-state index in [4.69, 9.17) is 4.74 Å². The van der Waals surface area contributed by atoms with Crippen LogP contribution in [0.1, 0.15) is 43.9 Å². The number of benzene rings is 2. The van der Waals surface area contributed by atoms with Crippen molar-refractivity contribution in [3.05, 3.63) is 59.4 Å². The molecule has 3 heteroatoms. The highest BCUT2D eigenvalue weighted by atomic mass is 19.1. The predicted octanol–water partition coefficient (Wildman–Crippen LogP) is 5.02. The number of ether oxygens (including phenoxy) is 1. The molecule has 0 spiro atoms. The van der Waals surface area contributed by atoms with Gasteiger partial charge in [-0.2, -0.15) is 0 Å². The van der Waals surface area contributed by atoms with Crippen LogP contribution in [-0.4, -0.2) is 7.05 Å². The lowest BCUT2D eigenvalue weighted by atomic mass is 10.0. The van der Waals surface area contributed by atoms with E-state index in [1.807, 2.05) is 26.1 Å². The lowest BCUT2D eigenvalue weighted by Crippen LogP contribution is -2.13. The van der Waals surface area contributed by atoms with Crippen molar-refractivity contribution >= 4 is 0 Å². The van der Waals surface area contributed by atoms with Crippen LogP contribution in [0.15, 0.2) is 42.5 Å². The largest absolute Gasteiger partial charge is 0.457 e. The molecular weight excluding hydrogens is 265 g/mol. The van der Waals surface area contributed by atoms with E-state index in [1.54, 1.807) is 6.07 Å². The maximum absolute atomic E-state index is 13.4. The van der Waals surface area contributed by atoms with Crippen LogP contribution in [0.5, 0.6) is 11.5 Å². The Labute approximate surface area is 126 Å². The van der Waals surface area contributed by atoms with E-state index < -0.39 is 0 Å². The smallest absolute Gasteiger partial charge is 0.132 e. The van der Waals surface area contributed by atoms with Crippen molar-refractivity contribution in [3.8, 4) is 11.5 Å². The van der Waals surface area contributed by atoms with Crippen LogP contribution >= 0.6 is 0 Å². The van der Waals surface area contributed by atoms with Crippen molar-refractivity contribution in [1.82, 2.24) is 5.32 Å². The Bertz CT molecular complexity index is 593. The molecule has 0 saturated heterocycles. The van der Waals surface area contributed by atoms with Crippen LogP contribution in [-0.2, 0) is 0 Å². The van der Waals surface area contributed by atoms with Gasteiger partial charge in [0.05, 0.1) is 0 Å². The number of rotatable bonds is 5. The molecule has 0 radical (unpaired) electrons. The summed E-state index contributed by atoms with van der Waals surface area (Å²) in [4.78, 5) is 0. The topological polar surface area (TPSA) is 21.3 Å². The molecule has 2 nitrogen and oxygen atoms in total. The lowest BCUT2D eigenvalue weighted by molar-refractivity contribution is 0.463. The van der Waals surface area contributed by atoms with E-state index in [9.17, 15) is 4.39 Å². The molecule has 1 atom stereocenters. The SMILES string of the molecule is CNC(C)c1cc(F)ccc1Oc1ccc(C(C)C)cc1. The highest BCUT2D eigenvalue weighted by molar-refractivity contribution is 5.40. The van der Waals surface area contributed by atoms with Gasteiger partial charge >= 0.3 is 0 Å². The average molecular weight is 287 g/mol. The molecular formula is C18H22FNO. The second-order valence-electron chi connectivity index (χ2n) is 5.52. The molecule has 1 N–H and O–H groups in total. The Balaban J connectivity index is 2.26. The molecule has 112 valence electrons. The van der Waals surface area contributed by atoms with Crippen LogP contribution in [0.2, 0.25) is 0 Å². The monoisotopic (exact) mass is 287 g/mol. The molecule has 0 aliphatic heterocycles. The molecule has 0 aliphatic carbocycles. The number of halogens is 1. The van der Waals surface area contributed by atoms with Gasteiger partial charge in [0, 0.05) is 11.6 Å². The summed E-state index contributed by atoms with van der Waals surface area (Å²) in [6.07, 6.45) is 0. The van der Waals surface area contributed by atoms with E-state index in [1.165, 1.54) is 17.7 Å². The molecule has 0 bridgehead atoms. The Hall–Kier alpha value is -1.87. The minimum absolute atomic E-state index is 0.0191. The van der Waals surface area contributed by atoms with Gasteiger partial charge in [-0.05, 0) is 55.8 Å². The third-order valence-corrected chi connectivity index (χ3v) is 3.65. The predicted molar refractivity (Wildman–Crippen MR) is 84.5 cm³/mol. The van der Waals surface area contributed by atoms with Crippen LogP contribution in [0.3, 0.4) is 0 Å². The van der Waals surface area contributed by atoms with E-state index in [2.05, 4.69) is 31.3 Å². The molecule has 0 saturated carbocycles. The second-order valence-corrected chi connectivity index (χ2v) is 5.52. The Morgan fingerprint density at radius 3 is 2.24 bits per heavy atom. The highest BCUT2D eigenvalue weighted by Gasteiger charge is 2.12. The first-order chi connectivity index (χ1) is 10.0. The van der Waals surface area contributed by atoms with Gasteiger partial charge in [0.2, 0.25) is 0 Å². The average Bonchev–Trinajstić information content (AvgIpc) is 2.48. The number of hydrogen-bond acceptors (Lipinski definition) is 2. The fraction of sp³-hybridized carbons (Fsp3) is 0.333. The number of hydrogen-bond donors (Lipinski definition) is 1. The molecule has 0 aliphatic rings. The minimum Gasteiger partial charge on any atom is -0.457 e. The summed E-state index contributed by atoms with van der Waals surface area (Å²) in [5.74, 6) is 1.67. The number of nitrogens with one attached hydrogen (secondary N) is 1. The molecule has 2 rings (SSSR count). The fourth-order valence-electron chi connectivity index (χ4n) is 2.15. The summed E-state index contributed by atoms with van der Waals surface area (Å²) >= 11 is 0.